The van der Waals surface area contributed by atoms with Crippen molar-refractivity contribution in [1.29, 1.82) is 0 Å². The summed E-state index contributed by atoms with van der Waals surface area (Å²) in [5, 5.41) is 14.2. The largest absolute Gasteiger partial charge is 0.391 e. The molecule has 0 spiro atoms. The molecule has 0 radical (unpaired) electrons. The summed E-state index contributed by atoms with van der Waals surface area (Å²) >= 11 is 0. The summed E-state index contributed by atoms with van der Waals surface area (Å²) in [6.07, 6.45) is 0.790. The van der Waals surface area contributed by atoms with Crippen molar-refractivity contribution in [2.45, 2.75) is 37.0 Å². The lowest BCUT2D eigenvalue weighted by Crippen LogP contribution is -2.51. The van der Waals surface area contributed by atoms with Crippen LogP contribution in [0.1, 0.15) is 29.0 Å². The van der Waals surface area contributed by atoms with Crippen molar-refractivity contribution >= 4 is 0 Å². The minimum Gasteiger partial charge on any atom is -0.391 e. The van der Waals surface area contributed by atoms with E-state index in [-0.39, 0.29) is 23.9 Å². The summed E-state index contributed by atoms with van der Waals surface area (Å²) in [5.74, 6) is -0.137. The molecule has 0 amide bonds. The van der Waals surface area contributed by atoms with Crippen molar-refractivity contribution in [3.05, 3.63) is 107 Å². The lowest BCUT2D eigenvalue weighted by molar-refractivity contribution is -0.0712. The molecule has 30 heavy (non-hydrogen) atoms. The van der Waals surface area contributed by atoms with Gasteiger partial charge in [0.25, 0.3) is 0 Å². The molecule has 156 valence electrons. The number of hydrogen-bond acceptors (Lipinski definition) is 3. The van der Waals surface area contributed by atoms with Crippen LogP contribution in [0.4, 0.5) is 4.39 Å². The van der Waals surface area contributed by atoms with Crippen LogP contribution < -0.4 is 5.32 Å². The third-order valence-corrected chi connectivity index (χ3v) is 5.85. The van der Waals surface area contributed by atoms with Gasteiger partial charge in [-0.1, -0.05) is 72.8 Å². The maximum atomic E-state index is 13.0. The number of benzene rings is 3. The summed E-state index contributed by atoms with van der Waals surface area (Å²) in [6.45, 7) is 1.17. The van der Waals surface area contributed by atoms with Crippen molar-refractivity contribution in [2.75, 3.05) is 13.2 Å². The Bertz CT molecular complexity index is 862. The van der Waals surface area contributed by atoms with Crippen LogP contribution in [0.2, 0.25) is 0 Å². The summed E-state index contributed by atoms with van der Waals surface area (Å²) in [7, 11) is 0. The summed E-state index contributed by atoms with van der Waals surface area (Å²) < 4.78 is 19.3. The quantitative estimate of drug-likeness (QED) is 0.616. The van der Waals surface area contributed by atoms with Gasteiger partial charge in [-0.2, -0.15) is 0 Å². The SMILES string of the molecule is OC1C[C@@H](C(c2ccccc2)c2ccccc2)OCC1NCCc1ccc(F)cc1. The maximum absolute atomic E-state index is 13.0. The molecule has 3 aromatic carbocycles. The molecule has 3 nitrogen and oxygen atoms in total. The lowest BCUT2D eigenvalue weighted by atomic mass is 9.82. The van der Waals surface area contributed by atoms with Crippen LogP contribution in [0.15, 0.2) is 84.9 Å². The number of rotatable bonds is 7. The van der Waals surface area contributed by atoms with Gasteiger partial charge in [0.05, 0.1) is 24.9 Å². The summed E-state index contributed by atoms with van der Waals surface area (Å²) in [4.78, 5) is 0. The van der Waals surface area contributed by atoms with Gasteiger partial charge in [-0.25, -0.2) is 4.39 Å². The zero-order chi connectivity index (χ0) is 20.8. The van der Waals surface area contributed by atoms with E-state index in [1.807, 2.05) is 36.4 Å². The highest BCUT2D eigenvalue weighted by Gasteiger charge is 2.35. The molecule has 1 aliphatic rings. The second-order valence-electron chi connectivity index (χ2n) is 7.91. The van der Waals surface area contributed by atoms with Crippen LogP contribution in [0, 0.1) is 5.82 Å². The number of aliphatic hydroxyl groups is 1. The summed E-state index contributed by atoms with van der Waals surface area (Å²) in [5.41, 5.74) is 3.47. The molecule has 1 saturated heterocycles. The van der Waals surface area contributed by atoms with Crippen LogP contribution in [0.3, 0.4) is 0 Å². The fourth-order valence-corrected chi connectivity index (χ4v) is 4.23. The molecule has 3 aromatic rings. The molecule has 0 saturated carbocycles. The Labute approximate surface area is 177 Å². The molecule has 0 aromatic heterocycles. The molecule has 2 unspecified atom stereocenters. The van der Waals surface area contributed by atoms with E-state index in [9.17, 15) is 9.50 Å². The monoisotopic (exact) mass is 405 g/mol. The maximum Gasteiger partial charge on any atom is 0.123 e. The van der Waals surface area contributed by atoms with Gasteiger partial charge in [0.15, 0.2) is 0 Å². The second kappa shape index (κ2) is 9.98. The van der Waals surface area contributed by atoms with Crippen molar-refractivity contribution in [1.82, 2.24) is 5.32 Å². The fourth-order valence-electron chi connectivity index (χ4n) is 4.23. The molecule has 1 fully saturated rings. The Hall–Kier alpha value is -2.53. The van der Waals surface area contributed by atoms with Gasteiger partial charge in [0, 0.05) is 12.3 Å². The van der Waals surface area contributed by atoms with E-state index in [4.69, 9.17) is 4.74 Å². The Kier molecular flexibility index (Phi) is 6.90. The van der Waals surface area contributed by atoms with Gasteiger partial charge in [-0.3, -0.25) is 0 Å². The van der Waals surface area contributed by atoms with E-state index in [1.165, 1.54) is 23.3 Å². The number of hydrogen-bond donors (Lipinski definition) is 2. The highest BCUT2D eigenvalue weighted by Crippen LogP contribution is 2.34. The number of nitrogens with one attached hydrogen (secondary N) is 1. The Morgan fingerprint density at radius 1 is 0.900 bits per heavy atom. The fraction of sp³-hybridized carbons (Fsp3) is 0.308. The van der Waals surface area contributed by atoms with E-state index in [1.54, 1.807) is 12.1 Å². The van der Waals surface area contributed by atoms with Gasteiger partial charge in [-0.15, -0.1) is 0 Å². The minimum absolute atomic E-state index is 0.0834. The zero-order valence-corrected chi connectivity index (χ0v) is 17.0. The van der Waals surface area contributed by atoms with Crippen molar-refractivity contribution in [3.8, 4) is 0 Å². The topological polar surface area (TPSA) is 41.5 Å². The van der Waals surface area contributed by atoms with Crippen molar-refractivity contribution in [3.63, 3.8) is 0 Å². The first-order valence-electron chi connectivity index (χ1n) is 10.6. The molecule has 1 aliphatic heterocycles. The van der Waals surface area contributed by atoms with Crippen LogP contribution >= 0.6 is 0 Å². The standard InChI is InChI=1S/C26H28FNO2/c27-22-13-11-19(12-14-22)15-16-28-23-18-30-25(17-24(23)29)26(20-7-3-1-4-8-20)21-9-5-2-6-10-21/h1-14,23-26,28-29H,15-18H2/t23?,24?,25-/m0/s1. The average molecular weight is 406 g/mol. The Balaban J connectivity index is 1.38. The third-order valence-electron chi connectivity index (χ3n) is 5.85. The molecular formula is C26H28FNO2. The van der Waals surface area contributed by atoms with Gasteiger partial charge in [-0.05, 0) is 41.8 Å². The number of ether oxygens (including phenoxy) is 1. The molecule has 0 aliphatic carbocycles. The van der Waals surface area contributed by atoms with E-state index >= 15 is 0 Å². The first kappa shape index (κ1) is 20.7. The molecule has 1 heterocycles. The highest BCUT2D eigenvalue weighted by molar-refractivity contribution is 5.34. The third kappa shape index (κ3) is 5.14. The van der Waals surface area contributed by atoms with E-state index < -0.39 is 6.10 Å². The van der Waals surface area contributed by atoms with Gasteiger partial charge in [0.2, 0.25) is 0 Å². The lowest BCUT2D eigenvalue weighted by Gasteiger charge is -2.38. The second-order valence-corrected chi connectivity index (χ2v) is 7.91. The predicted octanol–water partition coefficient (Wildman–Crippen LogP) is 4.31. The van der Waals surface area contributed by atoms with E-state index in [0.717, 1.165) is 12.0 Å². The van der Waals surface area contributed by atoms with Crippen LogP contribution in [-0.2, 0) is 11.2 Å². The summed E-state index contributed by atoms with van der Waals surface area (Å²) in [6, 6.07) is 27.2. The van der Waals surface area contributed by atoms with E-state index in [0.29, 0.717) is 19.6 Å². The van der Waals surface area contributed by atoms with Gasteiger partial charge in [0.1, 0.15) is 5.82 Å². The molecule has 4 rings (SSSR count). The normalized spacial score (nSPS) is 21.6. The average Bonchev–Trinajstić information content (AvgIpc) is 2.78. The number of halogens is 1. The van der Waals surface area contributed by atoms with Crippen LogP contribution in [0.5, 0.6) is 0 Å². The van der Waals surface area contributed by atoms with Gasteiger partial charge < -0.3 is 15.2 Å². The molecule has 0 bridgehead atoms. The van der Waals surface area contributed by atoms with Crippen LogP contribution in [0.25, 0.3) is 0 Å². The molecule has 3 atom stereocenters. The zero-order valence-electron chi connectivity index (χ0n) is 17.0. The predicted molar refractivity (Wildman–Crippen MR) is 117 cm³/mol. The van der Waals surface area contributed by atoms with Crippen molar-refractivity contribution in [2.24, 2.45) is 0 Å². The Morgan fingerprint density at radius 3 is 2.07 bits per heavy atom. The molecule has 2 N–H and O–H groups in total. The van der Waals surface area contributed by atoms with Crippen LogP contribution in [-0.4, -0.2) is 36.5 Å². The van der Waals surface area contributed by atoms with Gasteiger partial charge >= 0.3 is 0 Å². The number of aliphatic hydroxyl groups excluding tert-OH is 1. The molecular weight excluding hydrogens is 377 g/mol. The van der Waals surface area contributed by atoms with E-state index in [2.05, 4.69) is 29.6 Å². The smallest absolute Gasteiger partial charge is 0.123 e. The highest BCUT2D eigenvalue weighted by atomic mass is 19.1. The first-order valence-corrected chi connectivity index (χ1v) is 10.6. The molecule has 4 heteroatoms. The Morgan fingerprint density at radius 2 is 1.50 bits per heavy atom. The first-order chi connectivity index (χ1) is 14.7. The minimum atomic E-state index is -0.480. The van der Waals surface area contributed by atoms with Crippen molar-refractivity contribution < 1.29 is 14.2 Å².